The molecule has 0 spiro atoms. The number of benzene rings is 2. The van der Waals surface area contributed by atoms with Crippen LogP contribution in [0.4, 0.5) is 4.79 Å². The third-order valence-electron chi connectivity index (χ3n) is 6.21. The summed E-state index contributed by atoms with van der Waals surface area (Å²) in [5.74, 6) is -1.79. The van der Waals surface area contributed by atoms with Crippen molar-refractivity contribution in [3.8, 4) is 11.1 Å². The second-order valence-electron chi connectivity index (χ2n) is 8.77. The maximum absolute atomic E-state index is 12.7. The SMILES string of the molecule is CCC(CC(=O)O)NC(=O)C(CNC(=O)OCC1c2ccccc2-c2ccccc21)C(C)C. The number of carbonyl (C=O) groups excluding carboxylic acids is 2. The van der Waals surface area contributed by atoms with Gasteiger partial charge in [0, 0.05) is 18.5 Å². The summed E-state index contributed by atoms with van der Waals surface area (Å²) < 4.78 is 5.54. The first kappa shape index (κ1) is 24.3. The molecule has 0 aromatic heterocycles. The molecule has 2 atom stereocenters. The summed E-state index contributed by atoms with van der Waals surface area (Å²) >= 11 is 0. The summed E-state index contributed by atoms with van der Waals surface area (Å²) in [7, 11) is 0. The van der Waals surface area contributed by atoms with Crippen molar-refractivity contribution in [1.29, 1.82) is 0 Å². The van der Waals surface area contributed by atoms with Gasteiger partial charge in [-0.15, -0.1) is 0 Å². The molecular formula is C26H32N2O5. The molecule has 3 rings (SSSR count). The average Bonchev–Trinajstić information content (AvgIpc) is 3.10. The summed E-state index contributed by atoms with van der Waals surface area (Å²) in [4.78, 5) is 36.1. The Morgan fingerprint density at radius 2 is 1.58 bits per heavy atom. The number of fused-ring (bicyclic) bond motifs is 3. The van der Waals surface area contributed by atoms with Gasteiger partial charge in [0.05, 0.1) is 12.3 Å². The number of rotatable bonds is 10. The van der Waals surface area contributed by atoms with Crippen molar-refractivity contribution >= 4 is 18.0 Å². The molecule has 0 radical (unpaired) electrons. The van der Waals surface area contributed by atoms with Gasteiger partial charge in [-0.3, -0.25) is 9.59 Å². The largest absolute Gasteiger partial charge is 0.481 e. The van der Waals surface area contributed by atoms with E-state index in [4.69, 9.17) is 9.84 Å². The highest BCUT2D eigenvalue weighted by atomic mass is 16.5. The third-order valence-corrected chi connectivity index (χ3v) is 6.21. The van der Waals surface area contributed by atoms with E-state index in [2.05, 4.69) is 34.9 Å². The second kappa shape index (κ2) is 11.0. The maximum atomic E-state index is 12.7. The van der Waals surface area contributed by atoms with Crippen LogP contribution in [0.3, 0.4) is 0 Å². The number of amides is 2. The number of nitrogens with one attached hydrogen (secondary N) is 2. The summed E-state index contributed by atoms with van der Waals surface area (Å²) in [5.41, 5.74) is 4.58. The van der Waals surface area contributed by atoms with Crippen LogP contribution in [0.2, 0.25) is 0 Å². The Morgan fingerprint density at radius 3 is 2.09 bits per heavy atom. The summed E-state index contributed by atoms with van der Waals surface area (Å²) in [6.07, 6.45) is -0.192. The van der Waals surface area contributed by atoms with Crippen LogP contribution in [-0.4, -0.2) is 42.3 Å². The van der Waals surface area contributed by atoms with Crippen LogP contribution in [0.5, 0.6) is 0 Å². The molecule has 3 N–H and O–H groups in total. The molecule has 1 aliphatic carbocycles. The molecule has 7 nitrogen and oxygen atoms in total. The molecule has 0 saturated heterocycles. The van der Waals surface area contributed by atoms with Crippen LogP contribution in [0.15, 0.2) is 48.5 Å². The summed E-state index contributed by atoms with van der Waals surface area (Å²) in [6, 6.07) is 15.8. The average molecular weight is 453 g/mol. The fraction of sp³-hybridized carbons (Fsp3) is 0.423. The standard InChI is InChI=1S/C26H32N2O5/c1-4-17(13-24(29)30)28-25(31)22(16(2)3)14-27-26(32)33-15-23-20-11-7-5-9-18(20)19-10-6-8-12-21(19)23/h5-12,16-17,22-23H,4,13-15H2,1-3H3,(H,27,32)(H,28,31)(H,29,30). The van der Waals surface area contributed by atoms with Crippen LogP contribution in [0.1, 0.15) is 50.7 Å². The van der Waals surface area contributed by atoms with Crippen molar-refractivity contribution in [2.24, 2.45) is 11.8 Å². The molecule has 1 aliphatic rings. The predicted octanol–water partition coefficient (Wildman–Crippen LogP) is 4.17. The van der Waals surface area contributed by atoms with E-state index in [9.17, 15) is 14.4 Å². The number of hydrogen-bond donors (Lipinski definition) is 3. The molecule has 7 heteroatoms. The zero-order valence-electron chi connectivity index (χ0n) is 19.3. The zero-order chi connectivity index (χ0) is 24.0. The van der Waals surface area contributed by atoms with E-state index in [0.717, 1.165) is 22.3 Å². The molecule has 0 heterocycles. The quantitative estimate of drug-likeness (QED) is 0.502. The third kappa shape index (κ3) is 5.92. The molecule has 2 aromatic carbocycles. The summed E-state index contributed by atoms with van der Waals surface area (Å²) in [5, 5.41) is 14.5. The monoisotopic (exact) mass is 452 g/mol. The predicted molar refractivity (Wildman–Crippen MR) is 126 cm³/mol. The van der Waals surface area contributed by atoms with E-state index in [0.29, 0.717) is 6.42 Å². The van der Waals surface area contributed by atoms with E-state index in [-0.39, 0.29) is 37.3 Å². The van der Waals surface area contributed by atoms with E-state index < -0.39 is 24.0 Å². The molecule has 2 aromatic rings. The normalized spacial score (nSPS) is 14.2. The minimum absolute atomic E-state index is 0.0336. The van der Waals surface area contributed by atoms with Crippen molar-refractivity contribution in [3.63, 3.8) is 0 Å². The topological polar surface area (TPSA) is 105 Å². The van der Waals surface area contributed by atoms with Crippen molar-refractivity contribution in [3.05, 3.63) is 59.7 Å². The van der Waals surface area contributed by atoms with Gasteiger partial charge in [-0.05, 0) is 34.6 Å². The molecule has 2 unspecified atom stereocenters. The molecule has 176 valence electrons. The van der Waals surface area contributed by atoms with Crippen LogP contribution in [0, 0.1) is 11.8 Å². The van der Waals surface area contributed by atoms with Gasteiger partial charge >= 0.3 is 12.1 Å². The number of ether oxygens (including phenoxy) is 1. The van der Waals surface area contributed by atoms with Gasteiger partial charge in [0.15, 0.2) is 0 Å². The Bertz CT molecular complexity index is 958. The fourth-order valence-electron chi connectivity index (χ4n) is 4.29. The van der Waals surface area contributed by atoms with Crippen molar-refractivity contribution in [2.75, 3.05) is 13.2 Å². The highest BCUT2D eigenvalue weighted by Gasteiger charge is 2.30. The molecule has 0 saturated carbocycles. The Hall–Kier alpha value is -3.35. The Morgan fingerprint density at radius 1 is 1.00 bits per heavy atom. The minimum Gasteiger partial charge on any atom is -0.481 e. The lowest BCUT2D eigenvalue weighted by Gasteiger charge is -2.24. The van der Waals surface area contributed by atoms with Crippen molar-refractivity contribution in [1.82, 2.24) is 10.6 Å². The first-order valence-corrected chi connectivity index (χ1v) is 11.4. The van der Waals surface area contributed by atoms with Gasteiger partial charge in [0.1, 0.15) is 6.61 Å². The van der Waals surface area contributed by atoms with E-state index in [1.54, 1.807) is 0 Å². The number of carboxylic acid groups (broad SMARTS) is 1. The fourth-order valence-corrected chi connectivity index (χ4v) is 4.29. The van der Waals surface area contributed by atoms with Crippen LogP contribution >= 0.6 is 0 Å². The van der Waals surface area contributed by atoms with Gasteiger partial charge in [-0.25, -0.2) is 4.79 Å². The highest BCUT2D eigenvalue weighted by Crippen LogP contribution is 2.44. The number of aliphatic carboxylic acids is 1. The highest BCUT2D eigenvalue weighted by molar-refractivity contribution is 5.81. The lowest BCUT2D eigenvalue weighted by molar-refractivity contribution is -0.137. The zero-order valence-corrected chi connectivity index (χ0v) is 19.3. The maximum Gasteiger partial charge on any atom is 0.407 e. The molecule has 2 amide bonds. The lowest BCUT2D eigenvalue weighted by Crippen LogP contribution is -2.45. The van der Waals surface area contributed by atoms with E-state index in [1.807, 2.05) is 45.0 Å². The molecule has 0 fully saturated rings. The number of hydrogen-bond acceptors (Lipinski definition) is 4. The van der Waals surface area contributed by atoms with Crippen LogP contribution in [-0.2, 0) is 14.3 Å². The number of carbonyl (C=O) groups is 3. The van der Waals surface area contributed by atoms with Crippen LogP contribution < -0.4 is 10.6 Å². The number of alkyl carbamates (subject to hydrolysis) is 1. The van der Waals surface area contributed by atoms with E-state index in [1.165, 1.54) is 0 Å². The molecule has 0 aliphatic heterocycles. The number of carboxylic acids is 1. The van der Waals surface area contributed by atoms with E-state index >= 15 is 0 Å². The van der Waals surface area contributed by atoms with Gasteiger partial charge in [-0.1, -0.05) is 69.3 Å². The van der Waals surface area contributed by atoms with Crippen LogP contribution in [0.25, 0.3) is 11.1 Å². The lowest BCUT2D eigenvalue weighted by atomic mass is 9.94. The second-order valence-corrected chi connectivity index (χ2v) is 8.77. The van der Waals surface area contributed by atoms with Crippen molar-refractivity contribution in [2.45, 2.75) is 45.6 Å². The Labute approximate surface area is 194 Å². The Kier molecular flexibility index (Phi) is 8.09. The Balaban J connectivity index is 1.57. The van der Waals surface area contributed by atoms with Crippen molar-refractivity contribution < 1.29 is 24.2 Å². The smallest absolute Gasteiger partial charge is 0.407 e. The van der Waals surface area contributed by atoms with Gasteiger partial charge < -0.3 is 20.5 Å². The summed E-state index contributed by atoms with van der Waals surface area (Å²) in [6.45, 7) is 5.93. The first-order chi connectivity index (χ1) is 15.8. The molecule has 0 bridgehead atoms. The minimum atomic E-state index is -0.958. The van der Waals surface area contributed by atoms with Gasteiger partial charge in [0.2, 0.25) is 5.91 Å². The molecular weight excluding hydrogens is 420 g/mol. The first-order valence-electron chi connectivity index (χ1n) is 11.4. The molecule has 33 heavy (non-hydrogen) atoms. The van der Waals surface area contributed by atoms with Gasteiger partial charge in [0.25, 0.3) is 0 Å². The van der Waals surface area contributed by atoms with Gasteiger partial charge in [-0.2, -0.15) is 0 Å².